The van der Waals surface area contributed by atoms with Crippen LogP contribution in [0.15, 0.2) is 12.1 Å². The number of rotatable bonds is 2. The maximum Gasteiger partial charge on any atom is 0.534 e. The summed E-state index contributed by atoms with van der Waals surface area (Å²) in [5.74, 6) is -1.28. The lowest BCUT2D eigenvalue weighted by Crippen LogP contribution is -2.29. The lowest BCUT2D eigenvalue weighted by Gasteiger charge is -2.19. The smallest absolute Gasteiger partial charge is 0.375 e. The molecule has 1 aliphatic heterocycles. The van der Waals surface area contributed by atoms with Crippen LogP contribution in [0, 0.1) is 0 Å². The Labute approximate surface area is 160 Å². The lowest BCUT2D eigenvalue weighted by molar-refractivity contribution is -0.138. The van der Waals surface area contributed by atoms with E-state index in [4.69, 9.17) is 0 Å². The van der Waals surface area contributed by atoms with Gasteiger partial charge in [-0.3, -0.25) is 0 Å². The zero-order valence-electron chi connectivity index (χ0n) is 15.0. The maximum absolute atomic E-state index is 13.1. The molecule has 1 aliphatic rings. The monoisotopic (exact) mass is 461 g/mol. The van der Waals surface area contributed by atoms with Crippen LogP contribution in [-0.4, -0.2) is 45.1 Å². The first kappa shape index (κ1) is 25.3. The number of fused-ring (bicyclic) bond motifs is 1. The van der Waals surface area contributed by atoms with Gasteiger partial charge in [0, 0.05) is 25.6 Å². The number of likely N-dealkylation sites (N-methyl/N-ethyl adjacent to an activating group) is 1. The van der Waals surface area contributed by atoms with E-state index in [-0.39, 0.29) is 31.9 Å². The van der Waals surface area contributed by atoms with Gasteiger partial charge in [-0.05, 0) is 31.5 Å². The summed E-state index contributed by atoms with van der Waals surface area (Å²) in [6, 6.07) is 1.69. The Morgan fingerprint density at radius 2 is 1.41 bits per heavy atom. The van der Waals surface area contributed by atoms with E-state index in [2.05, 4.69) is 4.18 Å². The van der Waals surface area contributed by atoms with Gasteiger partial charge in [0.05, 0.1) is 5.56 Å². The molecule has 0 saturated heterocycles. The minimum atomic E-state index is -6.21. The second-order valence-corrected chi connectivity index (χ2v) is 7.68. The van der Waals surface area contributed by atoms with Gasteiger partial charge in [-0.15, -0.1) is 0 Å². The number of halogens is 9. The molecule has 29 heavy (non-hydrogen) atoms. The third kappa shape index (κ3) is 7.57. The van der Waals surface area contributed by atoms with Crippen molar-refractivity contribution in [3.05, 3.63) is 28.8 Å². The van der Waals surface area contributed by atoms with Crippen molar-refractivity contribution in [1.29, 1.82) is 0 Å². The molecule has 0 aliphatic carbocycles. The quantitative estimate of drug-likeness (QED) is 0.369. The number of hydrogen-bond donors (Lipinski definition) is 0. The van der Waals surface area contributed by atoms with Crippen LogP contribution in [0.1, 0.15) is 23.6 Å². The van der Waals surface area contributed by atoms with Gasteiger partial charge in [0.15, 0.2) is 5.75 Å². The van der Waals surface area contributed by atoms with E-state index in [1.807, 2.05) is 0 Å². The van der Waals surface area contributed by atoms with Crippen LogP contribution in [0.25, 0.3) is 0 Å². The van der Waals surface area contributed by atoms with Gasteiger partial charge >= 0.3 is 28.0 Å². The normalized spacial score (nSPS) is 16.4. The summed E-state index contributed by atoms with van der Waals surface area (Å²) in [6.07, 6.45) is -8.84. The first-order chi connectivity index (χ1) is 12.8. The SMILES string of the molecule is CC(F)(F)F.CN1CCc2ccc(C(F)(F)F)c(OS(=O)(=O)C(F)(F)F)c2CC1. The van der Waals surface area contributed by atoms with Gasteiger partial charge in [-0.1, -0.05) is 6.07 Å². The van der Waals surface area contributed by atoms with Crippen molar-refractivity contribution in [1.82, 2.24) is 4.90 Å². The number of hydrogen-bond acceptors (Lipinski definition) is 4. The van der Waals surface area contributed by atoms with Crippen molar-refractivity contribution in [3.63, 3.8) is 0 Å². The molecule has 0 atom stereocenters. The fourth-order valence-electron chi connectivity index (χ4n) is 2.38. The van der Waals surface area contributed by atoms with Gasteiger partial charge < -0.3 is 9.08 Å². The first-order valence-electron chi connectivity index (χ1n) is 7.81. The molecule has 0 amide bonds. The van der Waals surface area contributed by atoms with Crippen LogP contribution in [0.4, 0.5) is 39.5 Å². The summed E-state index contributed by atoms with van der Waals surface area (Å²) in [4.78, 5) is 1.77. The first-order valence-corrected chi connectivity index (χ1v) is 9.21. The minimum Gasteiger partial charge on any atom is -0.375 e. The van der Waals surface area contributed by atoms with E-state index in [9.17, 15) is 47.9 Å². The van der Waals surface area contributed by atoms with E-state index in [0.29, 0.717) is 18.2 Å². The molecule has 1 aromatic rings. The third-order valence-corrected chi connectivity index (χ3v) is 4.60. The van der Waals surface area contributed by atoms with Gasteiger partial charge in [0.1, 0.15) is 0 Å². The Morgan fingerprint density at radius 3 is 1.86 bits per heavy atom. The number of alkyl halides is 9. The van der Waals surface area contributed by atoms with Crippen LogP contribution in [-0.2, 0) is 29.1 Å². The fourth-order valence-corrected chi connectivity index (χ4v) is 2.88. The zero-order chi connectivity index (χ0) is 22.8. The topological polar surface area (TPSA) is 46.6 Å². The van der Waals surface area contributed by atoms with Crippen molar-refractivity contribution in [2.75, 3.05) is 20.1 Å². The highest BCUT2D eigenvalue weighted by atomic mass is 32.2. The summed E-state index contributed by atoms with van der Waals surface area (Å²) in [5, 5.41) is 0. The molecule has 1 aromatic carbocycles. The molecule has 0 unspecified atom stereocenters. The van der Waals surface area contributed by atoms with E-state index < -0.39 is 39.3 Å². The Hall–Kier alpha value is -1.70. The Bertz CT molecular complexity index is 808. The van der Waals surface area contributed by atoms with Crippen LogP contribution in [0.5, 0.6) is 5.75 Å². The third-order valence-electron chi connectivity index (χ3n) is 3.65. The number of nitrogens with zero attached hydrogens (tertiary/aromatic N) is 1. The second kappa shape index (κ2) is 8.58. The maximum atomic E-state index is 13.1. The van der Waals surface area contributed by atoms with Crippen LogP contribution in [0.2, 0.25) is 0 Å². The molecule has 0 spiro atoms. The molecule has 0 fully saturated rings. The van der Waals surface area contributed by atoms with Gasteiger partial charge in [0.2, 0.25) is 0 Å². The predicted octanol–water partition coefficient (Wildman–Crippen LogP) is 4.53. The summed E-state index contributed by atoms with van der Waals surface area (Å²) in [7, 11) is -4.51. The van der Waals surface area contributed by atoms with E-state index in [1.165, 1.54) is 0 Å². The fraction of sp³-hybridized carbons (Fsp3) is 0.600. The molecule has 0 saturated carbocycles. The van der Waals surface area contributed by atoms with Gasteiger partial charge in [-0.2, -0.15) is 47.9 Å². The average molecular weight is 461 g/mol. The van der Waals surface area contributed by atoms with Crippen molar-refractivity contribution < 1.29 is 52.1 Å². The van der Waals surface area contributed by atoms with Crippen molar-refractivity contribution in [3.8, 4) is 5.75 Å². The molecule has 0 radical (unpaired) electrons. The molecule has 0 aromatic heterocycles. The summed E-state index contributed by atoms with van der Waals surface area (Å²) < 4.78 is 134. The van der Waals surface area contributed by atoms with E-state index in [0.717, 1.165) is 6.07 Å². The molecule has 0 bridgehead atoms. The van der Waals surface area contributed by atoms with Gasteiger partial charge in [0.25, 0.3) is 0 Å². The Morgan fingerprint density at radius 1 is 0.931 bits per heavy atom. The van der Waals surface area contributed by atoms with Gasteiger partial charge in [-0.25, -0.2) is 0 Å². The number of benzene rings is 1. The molecular formula is C15H16F9NO3S. The molecular weight excluding hydrogens is 445 g/mol. The molecule has 2 rings (SSSR count). The predicted molar refractivity (Wildman–Crippen MR) is 83.7 cm³/mol. The molecule has 4 nitrogen and oxygen atoms in total. The largest absolute Gasteiger partial charge is 0.534 e. The van der Waals surface area contributed by atoms with E-state index in [1.54, 1.807) is 11.9 Å². The van der Waals surface area contributed by atoms with Crippen molar-refractivity contribution in [2.45, 2.75) is 37.6 Å². The van der Waals surface area contributed by atoms with Crippen LogP contribution >= 0.6 is 0 Å². The van der Waals surface area contributed by atoms with Crippen LogP contribution < -0.4 is 4.18 Å². The van der Waals surface area contributed by atoms with Crippen LogP contribution in [0.3, 0.4) is 0 Å². The highest BCUT2D eigenvalue weighted by Gasteiger charge is 2.50. The van der Waals surface area contributed by atoms with Crippen molar-refractivity contribution in [2.24, 2.45) is 0 Å². The highest BCUT2D eigenvalue weighted by Crippen LogP contribution is 2.42. The Kier molecular flexibility index (Phi) is 7.49. The average Bonchev–Trinajstić information content (AvgIpc) is 2.65. The zero-order valence-corrected chi connectivity index (χ0v) is 15.8. The summed E-state index contributed by atoms with van der Waals surface area (Å²) in [6.45, 7) is 0.924. The second-order valence-electron chi connectivity index (χ2n) is 6.15. The molecule has 1 heterocycles. The molecule has 168 valence electrons. The summed E-state index contributed by atoms with van der Waals surface area (Å²) >= 11 is 0. The highest BCUT2D eigenvalue weighted by molar-refractivity contribution is 7.88. The standard InChI is InChI=1S/C13H13F6NO3S.C2H3F3/c1-20-6-4-8-2-3-10(12(14,15)16)11(9(8)5-7-20)23-24(21,22)13(17,18)19;1-2(3,4)5/h2-3H,4-7H2,1H3;1H3. The lowest BCUT2D eigenvalue weighted by atomic mass is 9.98. The van der Waals surface area contributed by atoms with Crippen molar-refractivity contribution >= 4 is 10.1 Å². The van der Waals surface area contributed by atoms with E-state index >= 15 is 0 Å². The minimum absolute atomic E-state index is 0.0571. The Balaban J connectivity index is 0.000000749. The summed E-state index contributed by atoms with van der Waals surface area (Å²) in [5.41, 5.74) is -7.19. The molecule has 0 N–H and O–H groups in total. The molecule has 14 heteroatoms.